The summed E-state index contributed by atoms with van der Waals surface area (Å²) in [6, 6.07) is 9.54. The molecule has 5 N–H and O–H groups in total. The molecule has 0 amide bonds. The summed E-state index contributed by atoms with van der Waals surface area (Å²) in [5, 5.41) is 41.2. The Kier molecular flexibility index (Phi) is 5.92. The summed E-state index contributed by atoms with van der Waals surface area (Å²) in [5.41, 5.74) is 0.940. The van der Waals surface area contributed by atoms with Gasteiger partial charge in [0.05, 0.1) is 13.2 Å². The first-order chi connectivity index (χ1) is 10.1. The summed E-state index contributed by atoms with van der Waals surface area (Å²) in [7, 11) is 0. The van der Waals surface area contributed by atoms with Gasteiger partial charge in [-0.15, -0.1) is 0 Å². The molecular formula is C14H21NO6. The molecular weight excluding hydrogens is 278 g/mol. The van der Waals surface area contributed by atoms with Crippen molar-refractivity contribution in [3.05, 3.63) is 30.3 Å². The van der Waals surface area contributed by atoms with Crippen molar-refractivity contribution >= 4 is 5.69 Å². The molecule has 5 unspecified atom stereocenters. The van der Waals surface area contributed by atoms with E-state index in [1.54, 1.807) is 0 Å². The molecule has 0 radical (unpaired) electrons. The predicted octanol–water partition coefficient (Wildman–Crippen LogP) is -1.09. The number of ether oxygens (including phenoxy) is 2. The van der Waals surface area contributed by atoms with Crippen LogP contribution in [-0.4, -0.2) is 70.9 Å². The first-order valence-electron chi connectivity index (χ1n) is 6.84. The van der Waals surface area contributed by atoms with Gasteiger partial charge < -0.3 is 35.2 Å². The largest absolute Gasteiger partial charge is 0.394 e. The lowest BCUT2D eigenvalue weighted by molar-refractivity contribution is -0.300. The van der Waals surface area contributed by atoms with Crippen LogP contribution in [0.15, 0.2) is 30.3 Å². The zero-order chi connectivity index (χ0) is 15.2. The fourth-order valence-corrected chi connectivity index (χ4v) is 2.13. The molecule has 1 aromatic rings. The van der Waals surface area contributed by atoms with Gasteiger partial charge in [-0.25, -0.2) is 0 Å². The molecule has 2 rings (SSSR count). The van der Waals surface area contributed by atoms with E-state index < -0.39 is 37.3 Å². The Labute approximate surface area is 122 Å². The SMILES string of the molecule is OCC1OC(OCCNc2ccccc2)C(O)C(O)C1O. The van der Waals surface area contributed by atoms with Crippen LogP contribution >= 0.6 is 0 Å². The lowest BCUT2D eigenvalue weighted by atomic mass is 9.99. The van der Waals surface area contributed by atoms with E-state index in [1.165, 1.54) is 0 Å². The van der Waals surface area contributed by atoms with Gasteiger partial charge >= 0.3 is 0 Å². The molecule has 1 aliphatic rings. The molecule has 1 fully saturated rings. The van der Waals surface area contributed by atoms with Gasteiger partial charge in [-0.05, 0) is 12.1 Å². The van der Waals surface area contributed by atoms with Crippen molar-refractivity contribution in [1.82, 2.24) is 0 Å². The van der Waals surface area contributed by atoms with E-state index in [0.29, 0.717) is 6.54 Å². The summed E-state index contributed by atoms with van der Waals surface area (Å²) in [4.78, 5) is 0. The monoisotopic (exact) mass is 299 g/mol. The first-order valence-corrected chi connectivity index (χ1v) is 6.84. The Bertz CT molecular complexity index is 415. The van der Waals surface area contributed by atoms with E-state index in [2.05, 4.69) is 5.32 Å². The highest BCUT2D eigenvalue weighted by Gasteiger charge is 2.43. The van der Waals surface area contributed by atoms with Crippen molar-refractivity contribution < 1.29 is 29.9 Å². The van der Waals surface area contributed by atoms with Crippen LogP contribution in [0.4, 0.5) is 5.69 Å². The Hall–Kier alpha value is -1.22. The second-order valence-electron chi connectivity index (χ2n) is 4.86. The molecule has 0 aliphatic carbocycles. The molecule has 0 aromatic heterocycles. The van der Waals surface area contributed by atoms with Crippen LogP contribution in [0.3, 0.4) is 0 Å². The van der Waals surface area contributed by atoms with E-state index in [1.807, 2.05) is 30.3 Å². The van der Waals surface area contributed by atoms with Crippen LogP contribution in [0.5, 0.6) is 0 Å². The minimum absolute atomic E-state index is 0.234. The van der Waals surface area contributed by atoms with E-state index in [4.69, 9.17) is 14.6 Å². The van der Waals surface area contributed by atoms with Gasteiger partial charge in [0.15, 0.2) is 6.29 Å². The van der Waals surface area contributed by atoms with Crippen LogP contribution < -0.4 is 5.32 Å². The third-order valence-electron chi connectivity index (χ3n) is 3.34. The molecule has 1 aliphatic heterocycles. The van der Waals surface area contributed by atoms with Crippen molar-refractivity contribution in [1.29, 1.82) is 0 Å². The van der Waals surface area contributed by atoms with Gasteiger partial charge in [0.2, 0.25) is 0 Å². The average molecular weight is 299 g/mol. The van der Waals surface area contributed by atoms with Crippen LogP contribution in [-0.2, 0) is 9.47 Å². The van der Waals surface area contributed by atoms with Gasteiger partial charge in [-0.2, -0.15) is 0 Å². The van der Waals surface area contributed by atoms with E-state index in [9.17, 15) is 15.3 Å². The lowest BCUT2D eigenvalue weighted by Crippen LogP contribution is -2.59. The quantitative estimate of drug-likeness (QED) is 0.425. The second-order valence-corrected chi connectivity index (χ2v) is 4.86. The fourth-order valence-electron chi connectivity index (χ4n) is 2.13. The van der Waals surface area contributed by atoms with Crippen molar-refractivity contribution in [3.8, 4) is 0 Å². The molecule has 7 nitrogen and oxygen atoms in total. The van der Waals surface area contributed by atoms with Crippen molar-refractivity contribution in [2.45, 2.75) is 30.7 Å². The Morgan fingerprint density at radius 3 is 2.43 bits per heavy atom. The van der Waals surface area contributed by atoms with Crippen molar-refractivity contribution in [2.75, 3.05) is 25.1 Å². The van der Waals surface area contributed by atoms with Crippen LogP contribution in [0.1, 0.15) is 0 Å². The summed E-state index contributed by atoms with van der Waals surface area (Å²) >= 11 is 0. The Morgan fingerprint density at radius 1 is 1.05 bits per heavy atom. The molecule has 0 bridgehead atoms. The summed E-state index contributed by atoms with van der Waals surface area (Å²) in [6.45, 7) is 0.254. The van der Waals surface area contributed by atoms with E-state index in [-0.39, 0.29) is 6.61 Å². The zero-order valence-corrected chi connectivity index (χ0v) is 11.5. The number of benzene rings is 1. The molecule has 21 heavy (non-hydrogen) atoms. The topological polar surface area (TPSA) is 111 Å². The molecule has 1 heterocycles. The summed E-state index contributed by atoms with van der Waals surface area (Å²) in [5.74, 6) is 0. The average Bonchev–Trinajstić information content (AvgIpc) is 2.52. The van der Waals surface area contributed by atoms with E-state index >= 15 is 0 Å². The van der Waals surface area contributed by atoms with Gasteiger partial charge in [0, 0.05) is 12.2 Å². The number of rotatable bonds is 6. The lowest BCUT2D eigenvalue weighted by Gasteiger charge is -2.39. The minimum Gasteiger partial charge on any atom is -0.394 e. The highest BCUT2D eigenvalue weighted by atomic mass is 16.7. The highest BCUT2D eigenvalue weighted by Crippen LogP contribution is 2.21. The number of aliphatic hydroxyl groups excluding tert-OH is 4. The smallest absolute Gasteiger partial charge is 0.186 e. The van der Waals surface area contributed by atoms with Crippen molar-refractivity contribution in [2.24, 2.45) is 0 Å². The molecule has 1 aromatic carbocycles. The summed E-state index contributed by atoms with van der Waals surface area (Å²) < 4.78 is 10.6. The number of aliphatic hydroxyl groups is 4. The number of hydrogen-bond acceptors (Lipinski definition) is 7. The highest BCUT2D eigenvalue weighted by molar-refractivity contribution is 5.42. The molecule has 5 atom stereocenters. The molecule has 0 spiro atoms. The molecule has 118 valence electrons. The second kappa shape index (κ2) is 7.69. The van der Waals surface area contributed by atoms with Crippen molar-refractivity contribution in [3.63, 3.8) is 0 Å². The van der Waals surface area contributed by atoms with Crippen LogP contribution in [0, 0.1) is 0 Å². The third kappa shape index (κ3) is 4.13. The van der Waals surface area contributed by atoms with Gasteiger partial charge in [-0.3, -0.25) is 0 Å². The maximum Gasteiger partial charge on any atom is 0.186 e. The number of anilines is 1. The zero-order valence-electron chi connectivity index (χ0n) is 11.5. The molecule has 0 saturated carbocycles. The van der Waals surface area contributed by atoms with Crippen LogP contribution in [0.25, 0.3) is 0 Å². The molecule has 1 saturated heterocycles. The van der Waals surface area contributed by atoms with Crippen LogP contribution in [0.2, 0.25) is 0 Å². The minimum atomic E-state index is -1.41. The fraction of sp³-hybridized carbons (Fsp3) is 0.571. The normalized spacial score (nSPS) is 32.9. The number of para-hydroxylation sites is 1. The van der Waals surface area contributed by atoms with E-state index in [0.717, 1.165) is 5.69 Å². The maximum atomic E-state index is 9.78. The Balaban J connectivity index is 1.77. The first kappa shape index (κ1) is 16.2. The predicted molar refractivity (Wildman–Crippen MR) is 74.7 cm³/mol. The number of hydrogen-bond donors (Lipinski definition) is 5. The number of nitrogens with one attached hydrogen (secondary N) is 1. The van der Waals surface area contributed by atoms with Gasteiger partial charge in [0.1, 0.15) is 24.4 Å². The summed E-state index contributed by atoms with van der Waals surface area (Å²) in [6.07, 6.45) is -6.18. The van der Waals surface area contributed by atoms with Gasteiger partial charge in [0.25, 0.3) is 0 Å². The standard InChI is InChI=1S/C14H21NO6/c16-8-10-11(17)12(18)13(19)14(21-10)20-7-6-15-9-4-2-1-3-5-9/h1-5,10-19H,6-8H2. The molecule has 7 heteroatoms. The van der Waals surface area contributed by atoms with Gasteiger partial charge in [-0.1, -0.05) is 18.2 Å². The maximum absolute atomic E-state index is 9.78. The third-order valence-corrected chi connectivity index (χ3v) is 3.34. The Morgan fingerprint density at radius 2 is 1.76 bits per heavy atom.